The van der Waals surface area contributed by atoms with Gasteiger partial charge in [0.05, 0.1) is 12.5 Å². The molecule has 0 saturated carbocycles. The molecule has 10 heavy (non-hydrogen) atoms. The van der Waals surface area contributed by atoms with Gasteiger partial charge < -0.3 is 5.73 Å². The average Bonchev–Trinajstić information content (AvgIpc) is 1.60. The van der Waals surface area contributed by atoms with Crippen molar-refractivity contribution >= 4 is 5.78 Å². The zero-order valence-corrected chi connectivity index (χ0v) is 5.40. The van der Waals surface area contributed by atoms with Crippen molar-refractivity contribution in [3.05, 3.63) is 0 Å². The molecule has 2 N–H and O–H groups in total. The number of rotatable bonds is 2. The van der Waals surface area contributed by atoms with Crippen molar-refractivity contribution in [1.29, 1.82) is 0 Å². The van der Waals surface area contributed by atoms with Crippen LogP contribution in [0.1, 0.15) is 13.3 Å². The molecule has 0 aromatic heterocycles. The molecule has 5 heteroatoms. The van der Waals surface area contributed by atoms with Crippen LogP contribution in [-0.2, 0) is 4.79 Å². The molecule has 0 aromatic rings. The second-order valence-corrected chi connectivity index (χ2v) is 2.04. The molecule has 1 atom stereocenters. The van der Waals surface area contributed by atoms with Crippen molar-refractivity contribution in [3.8, 4) is 0 Å². The number of halogens is 3. The zero-order valence-electron chi connectivity index (χ0n) is 5.40. The van der Waals surface area contributed by atoms with Crippen LogP contribution in [0, 0.1) is 0 Å². The van der Waals surface area contributed by atoms with E-state index >= 15 is 0 Å². The van der Waals surface area contributed by atoms with E-state index in [9.17, 15) is 18.0 Å². The summed E-state index contributed by atoms with van der Waals surface area (Å²) in [6, 6.07) is -1.40. The molecular weight excluding hydrogens is 147 g/mol. The highest BCUT2D eigenvalue weighted by Gasteiger charge is 2.31. The van der Waals surface area contributed by atoms with E-state index < -0.39 is 24.4 Å². The van der Waals surface area contributed by atoms with Gasteiger partial charge in [0.25, 0.3) is 0 Å². The van der Waals surface area contributed by atoms with E-state index in [1.54, 1.807) is 0 Å². The molecule has 0 rings (SSSR count). The molecule has 0 bridgehead atoms. The lowest BCUT2D eigenvalue weighted by atomic mass is 10.1. The fraction of sp³-hybridized carbons (Fsp3) is 0.800. The van der Waals surface area contributed by atoms with Gasteiger partial charge in [-0.25, -0.2) is 0 Å². The topological polar surface area (TPSA) is 43.1 Å². The van der Waals surface area contributed by atoms with E-state index in [4.69, 9.17) is 5.73 Å². The highest BCUT2D eigenvalue weighted by atomic mass is 19.4. The first-order valence-corrected chi connectivity index (χ1v) is 2.65. The van der Waals surface area contributed by atoms with Crippen molar-refractivity contribution in [1.82, 2.24) is 0 Å². The third-order valence-electron chi connectivity index (χ3n) is 0.974. The van der Waals surface area contributed by atoms with Crippen LogP contribution in [0.15, 0.2) is 0 Å². The molecule has 0 heterocycles. The van der Waals surface area contributed by atoms with Crippen LogP contribution in [0.5, 0.6) is 0 Å². The predicted octanol–water partition coefficient (Wildman–Crippen LogP) is 0.855. The summed E-state index contributed by atoms with van der Waals surface area (Å²) in [5, 5.41) is 0. The van der Waals surface area contributed by atoms with Crippen LogP contribution in [0.25, 0.3) is 0 Å². The Morgan fingerprint density at radius 2 is 2.00 bits per heavy atom. The van der Waals surface area contributed by atoms with E-state index in [1.807, 2.05) is 0 Å². The zero-order chi connectivity index (χ0) is 8.36. The van der Waals surface area contributed by atoms with E-state index in [0.717, 1.165) is 6.92 Å². The van der Waals surface area contributed by atoms with Gasteiger partial charge in [0.1, 0.15) is 5.78 Å². The minimum absolute atomic E-state index is 0.641. The summed E-state index contributed by atoms with van der Waals surface area (Å²) in [5.74, 6) is -0.641. The molecule has 0 aliphatic carbocycles. The van der Waals surface area contributed by atoms with Gasteiger partial charge in [0.2, 0.25) is 0 Å². The van der Waals surface area contributed by atoms with Crippen LogP contribution < -0.4 is 5.73 Å². The standard InChI is InChI=1S/C5H8F3NO/c1-3(10)4(9)2-5(6,7)8/h4H,2,9H2,1H3/t4-/m0/s1. The first kappa shape index (κ1) is 9.42. The Balaban J connectivity index is 3.80. The molecule has 0 aliphatic heterocycles. The second kappa shape index (κ2) is 3.01. The van der Waals surface area contributed by atoms with Crippen molar-refractivity contribution in [2.75, 3.05) is 0 Å². The van der Waals surface area contributed by atoms with Crippen LogP contribution in [0.2, 0.25) is 0 Å². The first-order valence-electron chi connectivity index (χ1n) is 2.65. The molecule has 0 saturated heterocycles. The van der Waals surface area contributed by atoms with E-state index in [0.29, 0.717) is 0 Å². The van der Waals surface area contributed by atoms with E-state index in [1.165, 1.54) is 0 Å². The maximum atomic E-state index is 11.4. The number of carbonyl (C=O) groups is 1. The van der Waals surface area contributed by atoms with Gasteiger partial charge in [-0.05, 0) is 6.92 Å². The summed E-state index contributed by atoms with van der Waals surface area (Å²) in [5.41, 5.74) is 4.83. The maximum absolute atomic E-state index is 11.4. The Morgan fingerprint density at radius 1 is 1.60 bits per heavy atom. The van der Waals surface area contributed by atoms with Gasteiger partial charge in [-0.2, -0.15) is 13.2 Å². The molecule has 0 spiro atoms. The predicted molar refractivity (Wildman–Crippen MR) is 29.3 cm³/mol. The first-order chi connectivity index (χ1) is 4.33. The average molecular weight is 155 g/mol. The van der Waals surface area contributed by atoms with Crippen LogP contribution in [-0.4, -0.2) is 18.0 Å². The fourth-order valence-electron chi connectivity index (χ4n) is 0.393. The summed E-state index contributed by atoms with van der Waals surface area (Å²) in [6.45, 7) is 1.04. The monoisotopic (exact) mass is 155 g/mol. The number of nitrogens with two attached hydrogens (primary N) is 1. The third kappa shape index (κ3) is 4.31. The van der Waals surface area contributed by atoms with Crippen molar-refractivity contribution in [2.24, 2.45) is 5.73 Å². The number of carbonyl (C=O) groups excluding carboxylic acids is 1. The molecule has 2 nitrogen and oxygen atoms in total. The molecule has 0 amide bonds. The largest absolute Gasteiger partial charge is 0.391 e. The van der Waals surface area contributed by atoms with Gasteiger partial charge in [-0.1, -0.05) is 0 Å². The third-order valence-corrected chi connectivity index (χ3v) is 0.974. The lowest BCUT2D eigenvalue weighted by molar-refractivity contribution is -0.145. The van der Waals surface area contributed by atoms with Crippen molar-refractivity contribution in [2.45, 2.75) is 25.6 Å². The lowest BCUT2D eigenvalue weighted by Crippen LogP contribution is -2.33. The normalized spacial score (nSPS) is 14.9. The van der Waals surface area contributed by atoms with Crippen LogP contribution >= 0.6 is 0 Å². The Kier molecular flexibility index (Phi) is 2.83. The van der Waals surface area contributed by atoms with Gasteiger partial charge in [0.15, 0.2) is 0 Å². The summed E-state index contributed by atoms with van der Waals surface area (Å²) >= 11 is 0. The fourth-order valence-corrected chi connectivity index (χ4v) is 0.393. The summed E-state index contributed by atoms with van der Waals surface area (Å²) < 4.78 is 34.3. The Bertz CT molecular complexity index is 131. The van der Waals surface area contributed by atoms with Gasteiger partial charge in [0, 0.05) is 0 Å². The number of ketones is 1. The molecule has 60 valence electrons. The minimum Gasteiger partial charge on any atom is -0.321 e. The summed E-state index contributed by atoms with van der Waals surface area (Å²) in [7, 11) is 0. The lowest BCUT2D eigenvalue weighted by Gasteiger charge is -2.09. The quantitative estimate of drug-likeness (QED) is 0.642. The van der Waals surface area contributed by atoms with Gasteiger partial charge in [-0.3, -0.25) is 4.79 Å². The van der Waals surface area contributed by atoms with E-state index in [2.05, 4.69) is 0 Å². The van der Waals surface area contributed by atoms with Crippen molar-refractivity contribution in [3.63, 3.8) is 0 Å². The molecule has 0 unspecified atom stereocenters. The Labute approximate surface area is 56.2 Å². The molecule has 0 aliphatic rings. The second-order valence-electron chi connectivity index (χ2n) is 2.04. The highest BCUT2D eigenvalue weighted by molar-refractivity contribution is 5.81. The number of hydrogen-bond acceptors (Lipinski definition) is 2. The maximum Gasteiger partial charge on any atom is 0.391 e. The minimum atomic E-state index is -4.34. The Hall–Kier alpha value is -0.580. The smallest absolute Gasteiger partial charge is 0.321 e. The number of alkyl halides is 3. The molecular formula is C5H8F3NO. The van der Waals surface area contributed by atoms with Gasteiger partial charge >= 0.3 is 6.18 Å². The van der Waals surface area contributed by atoms with E-state index in [-0.39, 0.29) is 0 Å². The number of hydrogen-bond donors (Lipinski definition) is 1. The summed E-state index contributed by atoms with van der Waals surface area (Å²) in [6.07, 6.45) is -5.58. The highest BCUT2D eigenvalue weighted by Crippen LogP contribution is 2.20. The molecule has 0 radical (unpaired) electrons. The number of Topliss-reactive ketones (excluding diaryl/α,β-unsaturated/α-hetero) is 1. The van der Waals surface area contributed by atoms with Crippen molar-refractivity contribution < 1.29 is 18.0 Å². The Morgan fingerprint density at radius 3 is 2.10 bits per heavy atom. The molecule has 0 fully saturated rings. The molecule has 0 aromatic carbocycles. The SMILES string of the molecule is CC(=O)[C@@H](N)CC(F)(F)F. The van der Waals surface area contributed by atoms with Gasteiger partial charge in [-0.15, -0.1) is 0 Å². The summed E-state index contributed by atoms with van der Waals surface area (Å²) in [4.78, 5) is 10.2. The van der Waals surface area contributed by atoms with Crippen LogP contribution in [0.3, 0.4) is 0 Å². The van der Waals surface area contributed by atoms with Crippen LogP contribution in [0.4, 0.5) is 13.2 Å².